The predicted molar refractivity (Wildman–Crippen MR) is 103 cm³/mol. The lowest BCUT2D eigenvalue weighted by atomic mass is 9.99. The molecule has 1 saturated heterocycles. The van der Waals surface area contributed by atoms with Gasteiger partial charge in [-0.05, 0) is 55.7 Å². The molecule has 0 spiro atoms. The van der Waals surface area contributed by atoms with E-state index in [2.05, 4.69) is 11.8 Å². The Bertz CT molecular complexity index is 808. The highest BCUT2D eigenvalue weighted by molar-refractivity contribution is 5.96. The summed E-state index contributed by atoms with van der Waals surface area (Å²) in [6.07, 6.45) is 1.97. The molecule has 1 amide bonds. The summed E-state index contributed by atoms with van der Waals surface area (Å²) in [5, 5.41) is 0. The van der Waals surface area contributed by atoms with Crippen molar-refractivity contribution in [2.75, 3.05) is 26.2 Å². The molecule has 2 aromatic rings. The second-order valence-corrected chi connectivity index (χ2v) is 7.48. The van der Waals surface area contributed by atoms with Gasteiger partial charge in [-0.1, -0.05) is 18.2 Å². The van der Waals surface area contributed by atoms with E-state index in [0.717, 1.165) is 50.1 Å². The van der Waals surface area contributed by atoms with Crippen molar-refractivity contribution in [3.05, 3.63) is 65.5 Å². The molecule has 2 aromatic carbocycles. The minimum absolute atomic E-state index is 0.107. The third kappa shape index (κ3) is 3.98. The standard InChI is InChI=1S/C22H25FN2O2/c1-16(14-25-12-10-17-4-2-3-5-21(17)22(25)26)24-13-11-20(15-24)27-19-8-6-18(23)7-9-19/h2-9,16,20H,10-15H2,1H3. The number of ether oxygens (including phenoxy) is 1. The number of amides is 1. The number of hydrogen-bond acceptors (Lipinski definition) is 3. The van der Waals surface area contributed by atoms with E-state index in [9.17, 15) is 9.18 Å². The van der Waals surface area contributed by atoms with Crippen molar-refractivity contribution in [1.29, 1.82) is 0 Å². The Morgan fingerprint density at radius 2 is 1.93 bits per heavy atom. The van der Waals surface area contributed by atoms with Crippen molar-refractivity contribution in [3.63, 3.8) is 0 Å². The molecule has 2 unspecified atom stereocenters. The fourth-order valence-corrected chi connectivity index (χ4v) is 4.04. The van der Waals surface area contributed by atoms with Crippen LogP contribution in [0.3, 0.4) is 0 Å². The van der Waals surface area contributed by atoms with E-state index in [-0.39, 0.29) is 23.9 Å². The molecule has 2 aliphatic heterocycles. The lowest BCUT2D eigenvalue weighted by Crippen LogP contribution is -2.46. The fourth-order valence-electron chi connectivity index (χ4n) is 4.04. The highest BCUT2D eigenvalue weighted by Crippen LogP contribution is 2.23. The van der Waals surface area contributed by atoms with Gasteiger partial charge in [0.15, 0.2) is 0 Å². The van der Waals surface area contributed by atoms with E-state index < -0.39 is 0 Å². The van der Waals surface area contributed by atoms with Crippen LogP contribution in [0.25, 0.3) is 0 Å². The Balaban J connectivity index is 1.32. The van der Waals surface area contributed by atoms with Crippen molar-refractivity contribution < 1.29 is 13.9 Å². The van der Waals surface area contributed by atoms with Crippen LogP contribution in [0.2, 0.25) is 0 Å². The largest absolute Gasteiger partial charge is 0.489 e. The number of hydrogen-bond donors (Lipinski definition) is 0. The molecule has 0 aromatic heterocycles. The number of likely N-dealkylation sites (tertiary alicyclic amines) is 1. The second kappa shape index (κ2) is 7.69. The van der Waals surface area contributed by atoms with Crippen LogP contribution in [0.15, 0.2) is 48.5 Å². The van der Waals surface area contributed by atoms with E-state index in [4.69, 9.17) is 4.74 Å². The Morgan fingerprint density at radius 3 is 2.74 bits per heavy atom. The maximum atomic E-state index is 13.0. The van der Waals surface area contributed by atoms with Gasteiger partial charge < -0.3 is 9.64 Å². The molecule has 0 aliphatic carbocycles. The topological polar surface area (TPSA) is 32.8 Å². The lowest BCUT2D eigenvalue weighted by Gasteiger charge is -2.34. The molecule has 2 atom stereocenters. The molecule has 0 N–H and O–H groups in total. The summed E-state index contributed by atoms with van der Waals surface area (Å²) in [6.45, 7) is 5.47. The first kappa shape index (κ1) is 18.0. The smallest absolute Gasteiger partial charge is 0.254 e. The molecule has 142 valence electrons. The third-order valence-electron chi connectivity index (χ3n) is 5.59. The number of rotatable bonds is 5. The van der Waals surface area contributed by atoms with Gasteiger partial charge in [-0.15, -0.1) is 0 Å². The first-order valence-electron chi connectivity index (χ1n) is 9.63. The summed E-state index contributed by atoms with van der Waals surface area (Å²) in [6, 6.07) is 14.4. The van der Waals surface area contributed by atoms with E-state index in [1.165, 1.54) is 12.1 Å². The van der Waals surface area contributed by atoms with Crippen molar-refractivity contribution in [3.8, 4) is 5.75 Å². The molecule has 27 heavy (non-hydrogen) atoms. The van der Waals surface area contributed by atoms with Crippen LogP contribution in [-0.2, 0) is 6.42 Å². The van der Waals surface area contributed by atoms with Crippen LogP contribution in [0.1, 0.15) is 29.3 Å². The first-order chi connectivity index (χ1) is 13.1. The zero-order chi connectivity index (χ0) is 18.8. The normalized spacial score (nSPS) is 21.2. The van der Waals surface area contributed by atoms with Crippen LogP contribution in [0, 0.1) is 5.82 Å². The minimum Gasteiger partial charge on any atom is -0.489 e. The van der Waals surface area contributed by atoms with Gasteiger partial charge in [0.1, 0.15) is 17.7 Å². The molecule has 1 fully saturated rings. The molecule has 0 bridgehead atoms. The zero-order valence-corrected chi connectivity index (χ0v) is 15.6. The minimum atomic E-state index is -0.253. The quantitative estimate of drug-likeness (QED) is 0.811. The van der Waals surface area contributed by atoms with Gasteiger partial charge in [-0.2, -0.15) is 0 Å². The van der Waals surface area contributed by atoms with Gasteiger partial charge in [0, 0.05) is 37.8 Å². The van der Waals surface area contributed by atoms with E-state index in [1.54, 1.807) is 12.1 Å². The Hall–Kier alpha value is -2.40. The molecule has 2 aliphatic rings. The molecule has 5 heteroatoms. The average Bonchev–Trinajstić information content (AvgIpc) is 3.15. The van der Waals surface area contributed by atoms with Gasteiger partial charge >= 0.3 is 0 Å². The van der Waals surface area contributed by atoms with E-state index in [0.29, 0.717) is 5.75 Å². The molecule has 4 nitrogen and oxygen atoms in total. The van der Waals surface area contributed by atoms with Gasteiger partial charge in [0.2, 0.25) is 0 Å². The van der Waals surface area contributed by atoms with Crippen molar-refractivity contribution in [2.24, 2.45) is 0 Å². The highest BCUT2D eigenvalue weighted by atomic mass is 19.1. The maximum absolute atomic E-state index is 13.0. The van der Waals surface area contributed by atoms with Crippen LogP contribution in [0.4, 0.5) is 4.39 Å². The van der Waals surface area contributed by atoms with Crippen LogP contribution >= 0.6 is 0 Å². The van der Waals surface area contributed by atoms with Crippen molar-refractivity contribution in [2.45, 2.75) is 31.9 Å². The summed E-state index contributed by atoms with van der Waals surface area (Å²) in [5.41, 5.74) is 2.00. The summed E-state index contributed by atoms with van der Waals surface area (Å²) in [7, 11) is 0. The van der Waals surface area contributed by atoms with Gasteiger partial charge in [-0.25, -0.2) is 4.39 Å². The molecule has 4 rings (SSSR count). The fraction of sp³-hybridized carbons (Fsp3) is 0.409. The summed E-state index contributed by atoms with van der Waals surface area (Å²) >= 11 is 0. The third-order valence-corrected chi connectivity index (χ3v) is 5.59. The number of carbonyl (C=O) groups is 1. The SMILES string of the molecule is CC(CN1CCc2ccccc2C1=O)N1CCC(Oc2ccc(F)cc2)C1. The van der Waals surface area contributed by atoms with Crippen molar-refractivity contribution >= 4 is 5.91 Å². The Labute approximate surface area is 159 Å². The van der Waals surface area contributed by atoms with Crippen LogP contribution < -0.4 is 4.74 Å². The summed E-state index contributed by atoms with van der Waals surface area (Å²) in [5.74, 6) is 0.595. The maximum Gasteiger partial charge on any atom is 0.254 e. The summed E-state index contributed by atoms with van der Waals surface area (Å²) < 4.78 is 19.0. The second-order valence-electron chi connectivity index (χ2n) is 7.48. The lowest BCUT2D eigenvalue weighted by molar-refractivity contribution is 0.0680. The Kier molecular flexibility index (Phi) is 5.12. The first-order valence-corrected chi connectivity index (χ1v) is 9.63. The van der Waals surface area contributed by atoms with Gasteiger partial charge in [0.05, 0.1) is 0 Å². The monoisotopic (exact) mass is 368 g/mol. The van der Waals surface area contributed by atoms with E-state index in [1.807, 2.05) is 29.2 Å². The number of benzene rings is 2. The Morgan fingerprint density at radius 1 is 1.15 bits per heavy atom. The average molecular weight is 368 g/mol. The highest BCUT2D eigenvalue weighted by Gasteiger charge is 2.31. The molecular weight excluding hydrogens is 343 g/mol. The molecular formula is C22H25FN2O2. The van der Waals surface area contributed by atoms with Crippen LogP contribution in [-0.4, -0.2) is 54.0 Å². The van der Waals surface area contributed by atoms with Crippen LogP contribution in [0.5, 0.6) is 5.75 Å². The molecule has 0 radical (unpaired) electrons. The molecule has 2 heterocycles. The number of halogens is 1. The molecule has 0 saturated carbocycles. The number of fused-ring (bicyclic) bond motifs is 1. The number of carbonyl (C=O) groups excluding carboxylic acids is 1. The predicted octanol–water partition coefficient (Wildman–Crippen LogP) is 3.37. The van der Waals surface area contributed by atoms with E-state index >= 15 is 0 Å². The van der Waals surface area contributed by atoms with Gasteiger partial charge in [0.25, 0.3) is 5.91 Å². The summed E-state index contributed by atoms with van der Waals surface area (Å²) in [4.78, 5) is 17.1. The van der Waals surface area contributed by atoms with Gasteiger partial charge in [-0.3, -0.25) is 9.69 Å². The number of nitrogens with zero attached hydrogens (tertiary/aromatic N) is 2. The zero-order valence-electron chi connectivity index (χ0n) is 15.6. The van der Waals surface area contributed by atoms with Crippen molar-refractivity contribution in [1.82, 2.24) is 9.80 Å².